The van der Waals surface area contributed by atoms with Gasteiger partial charge in [0.25, 0.3) is 0 Å². The van der Waals surface area contributed by atoms with E-state index in [1.165, 1.54) is 12.1 Å². The number of carbonyl (C=O) groups is 1. The first-order valence-electron chi connectivity index (χ1n) is 5.04. The predicted octanol–water partition coefficient (Wildman–Crippen LogP) is 3.07. The van der Waals surface area contributed by atoms with E-state index in [-0.39, 0.29) is 36.2 Å². The standard InChI is InChI=1S/C11H13Cl2NO3.ClH/c1-2-17-10(16)5-8(14)11-7(13)3-6(12)4-9(11)15;/h3-4,8,15H,2,5,14H2,1H3;1H/t8-;/m1./s1. The Balaban J connectivity index is 0.00000289. The van der Waals surface area contributed by atoms with Crippen molar-refractivity contribution in [1.82, 2.24) is 0 Å². The first-order chi connectivity index (χ1) is 7.95. The summed E-state index contributed by atoms with van der Waals surface area (Å²) in [5.74, 6) is -0.565. The second kappa shape index (κ2) is 7.69. The Morgan fingerprint density at radius 2 is 2.11 bits per heavy atom. The average Bonchev–Trinajstić information content (AvgIpc) is 2.15. The molecule has 3 N–H and O–H groups in total. The van der Waals surface area contributed by atoms with E-state index in [2.05, 4.69) is 0 Å². The van der Waals surface area contributed by atoms with Crippen molar-refractivity contribution < 1.29 is 14.6 Å². The van der Waals surface area contributed by atoms with Crippen molar-refractivity contribution in [3.05, 3.63) is 27.7 Å². The molecule has 1 aromatic rings. The highest BCUT2D eigenvalue weighted by molar-refractivity contribution is 6.35. The van der Waals surface area contributed by atoms with Gasteiger partial charge in [0.1, 0.15) is 5.75 Å². The number of hydrogen-bond acceptors (Lipinski definition) is 4. The van der Waals surface area contributed by atoms with Gasteiger partial charge in [-0.05, 0) is 19.1 Å². The van der Waals surface area contributed by atoms with E-state index in [4.69, 9.17) is 33.7 Å². The first-order valence-corrected chi connectivity index (χ1v) is 5.80. The average molecular weight is 315 g/mol. The minimum atomic E-state index is -0.723. The molecule has 4 nitrogen and oxygen atoms in total. The van der Waals surface area contributed by atoms with Crippen molar-refractivity contribution in [2.75, 3.05) is 6.61 Å². The van der Waals surface area contributed by atoms with Crippen molar-refractivity contribution in [2.24, 2.45) is 5.73 Å². The zero-order valence-electron chi connectivity index (χ0n) is 9.65. The van der Waals surface area contributed by atoms with E-state index in [0.29, 0.717) is 10.6 Å². The van der Waals surface area contributed by atoms with E-state index in [1.54, 1.807) is 6.92 Å². The molecule has 102 valence electrons. The summed E-state index contributed by atoms with van der Waals surface area (Å²) in [5, 5.41) is 10.2. The van der Waals surface area contributed by atoms with Gasteiger partial charge in [0.2, 0.25) is 0 Å². The Bertz CT molecular complexity index is 403. The SMILES string of the molecule is CCOC(=O)C[C@@H](N)c1c(O)cc(Cl)cc1Cl.Cl. The van der Waals surface area contributed by atoms with Gasteiger partial charge in [0.15, 0.2) is 0 Å². The van der Waals surface area contributed by atoms with E-state index < -0.39 is 12.0 Å². The molecule has 0 unspecified atom stereocenters. The van der Waals surface area contributed by atoms with Crippen molar-refractivity contribution in [2.45, 2.75) is 19.4 Å². The van der Waals surface area contributed by atoms with Crippen LogP contribution in [0, 0.1) is 0 Å². The van der Waals surface area contributed by atoms with E-state index in [0.717, 1.165) is 0 Å². The number of rotatable bonds is 4. The number of phenols is 1. The smallest absolute Gasteiger partial charge is 0.307 e. The third kappa shape index (κ3) is 4.53. The summed E-state index contributed by atoms with van der Waals surface area (Å²) in [5.41, 5.74) is 6.09. The Morgan fingerprint density at radius 1 is 1.50 bits per heavy atom. The second-order valence-electron chi connectivity index (χ2n) is 3.44. The van der Waals surface area contributed by atoms with Gasteiger partial charge in [-0.3, -0.25) is 4.79 Å². The molecule has 0 amide bonds. The van der Waals surface area contributed by atoms with Gasteiger partial charge in [-0.15, -0.1) is 12.4 Å². The fourth-order valence-corrected chi connectivity index (χ4v) is 2.06. The van der Waals surface area contributed by atoms with Crippen LogP contribution in [-0.2, 0) is 9.53 Å². The van der Waals surface area contributed by atoms with Crippen LogP contribution in [0.1, 0.15) is 24.9 Å². The molecule has 0 spiro atoms. The van der Waals surface area contributed by atoms with Gasteiger partial charge in [-0.25, -0.2) is 0 Å². The number of ether oxygens (including phenoxy) is 1. The zero-order valence-corrected chi connectivity index (χ0v) is 12.0. The van der Waals surface area contributed by atoms with Crippen LogP contribution in [-0.4, -0.2) is 17.7 Å². The van der Waals surface area contributed by atoms with Gasteiger partial charge in [0.05, 0.1) is 18.1 Å². The maximum atomic E-state index is 11.3. The molecule has 1 rings (SSSR count). The highest BCUT2D eigenvalue weighted by Crippen LogP contribution is 2.34. The van der Waals surface area contributed by atoms with Gasteiger partial charge in [0, 0.05) is 16.6 Å². The summed E-state index contributed by atoms with van der Waals surface area (Å²) in [7, 11) is 0. The number of benzene rings is 1. The minimum absolute atomic E-state index is 0. The van der Waals surface area contributed by atoms with Crippen molar-refractivity contribution >= 4 is 41.6 Å². The van der Waals surface area contributed by atoms with Crippen LogP contribution in [0.15, 0.2) is 12.1 Å². The maximum Gasteiger partial charge on any atom is 0.307 e. The highest BCUT2D eigenvalue weighted by atomic mass is 35.5. The van der Waals surface area contributed by atoms with Crippen LogP contribution >= 0.6 is 35.6 Å². The van der Waals surface area contributed by atoms with Gasteiger partial charge < -0.3 is 15.6 Å². The van der Waals surface area contributed by atoms with E-state index in [1.807, 2.05) is 0 Å². The molecule has 0 aromatic heterocycles. The van der Waals surface area contributed by atoms with Crippen LogP contribution in [0.25, 0.3) is 0 Å². The normalized spacial score (nSPS) is 11.6. The van der Waals surface area contributed by atoms with Gasteiger partial charge in [-0.1, -0.05) is 23.2 Å². The highest BCUT2D eigenvalue weighted by Gasteiger charge is 2.19. The quantitative estimate of drug-likeness (QED) is 0.838. The Kier molecular flexibility index (Phi) is 7.40. The topological polar surface area (TPSA) is 72.5 Å². The molecule has 0 aliphatic carbocycles. The summed E-state index contributed by atoms with van der Waals surface area (Å²) in [6.07, 6.45) is -0.0528. The number of halogens is 3. The van der Waals surface area contributed by atoms with Crippen LogP contribution in [0.3, 0.4) is 0 Å². The summed E-state index contributed by atoms with van der Waals surface area (Å²) >= 11 is 11.6. The third-order valence-corrected chi connectivity index (χ3v) is 2.67. The number of phenolic OH excluding ortho intramolecular Hbond substituents is 1. The molecule has 0 saturated heterocycles. The molecular formula is C11H14Cl3NO3. The zero-order chi connectivity index (χ0) is 13.0. The molecule has 1 aromatic carbocycles. The summed E-state index contributed by atoms with van der Waals surface area (Å²) < 4.78 is 4.77. The minimum Gasteiger partial charge on any atom is -0.508 e. The van der Waals surface area contributed by atoms with Crippen LogP contribution in [0.4, 0.5) is 0 Å². The number of esters is 1. The molecule has 7 heteroatoms. The van der Waals surface area contributed by atoms with Crippen LogP contribution < -0.4 is 5.73 Å². The number of carbonyl (C=O) groups excluding carboxylic acids is 1. The summed E-state index contributed by atoms with van der Waals surface area (Å²) in [6, 6.07) is 2.07. The Morgan fingerprint density at radius 3 is 2.61 bits per heavy atom. The molecular weight excluding hydrogens is 300 g/mol. The lowest BCUT2D eigenvalue weighted by Gasteiger charge is -2.14. The molecule has 0 aliphatic heterocycles. The van der Waals surface area contributed by atoms with Crippen molar-refractivity contribution in [3.8, 4) is 5.75 Å². The maximum absolute atomic E-state index is 11.3. The molecule has 1 atom stereocenters. The van der Waals surface area contributed by atoms with Crippen LogP contribution in [0.2, 0.25) is 10.0 Å². The molecule has 18 heavy (non-hydrogen) atoms. The van der Waals surface area contributed by atoms with Crippen molar-refractivity contribution in [3.63, 3.8) is 0 Å². The Hall–Kier alpha value is -0.680. The van der Waals surface area contributed by atoms with E-state index >= 15 is 0 Å². The molecule has 0 saturated carbocycles. The molecule has 0 bridgehead atoms. The lowest BCUT2D eigenvalue weighted by molar-refractivity contribution is -0.143. The molecule has 0 aliphatic rings. The molecule has 0 radical (unpaired) electrons. The van der Waals surface area contributed by atoms with Gasteiger partial charge in [-0.2, -0.15) is 0 Å². The molecule has 0 fully saturated rings. The lowest BCUT2D eigenvalue weighted by atomic mass is 10.0. The number of hydrogen-bond donors (Lipinski definition) is 2. The number of aromatic hydroxyl groups is 1. The first kappa shape index (κ1) is 17.3. The summed E-state index contributed by atoms with van der Waals surface area (Å²) in [6.45, 7) is 1.99. The lowest BCUT2D eigenvalue weighted by Crippen LogP contribution is -2.17. The fourth-order valence-electron chi connectivity index (χ4n) is 1.44. The largest absolute Gasteiger partial charge is 0.508 e. The van der Waals surface area contributed by atoms with E-state index in [9.17, 15) is 9.90 Å². The summed E-state index contributed by atoms with van der Waals surface area (Å²) in [4.78, 5) is 11.3. The molecule has 0 heterocycles. The van der Waals surface area contributed by atoms with Crippen molar-refractivity contribution in [1.29, 1.82) is 0 Å². The Labute approximate surface area is 121 Å². The second-order valence-corrected chi connectivity index (χ2v) is 4.28. The number of nitrogens with two attached hydrogens (primary N) is 1. The monoisotopic (exact) mass is 313 g/mol. The van der Waals surface area contributed by atoms with Gasteiger partial charge >= 0.3 is 5.97 Å². The van der Waals surface area contributed by atoms with Crippen LogP contribution in [0.5, 0.6) is 5.75 Å². The third-order valence-electron chi connectivity index (χ3n) is 2.14. The fraction of sp³-hybridized carbons (Fsp3) is 0.364. The predicted molar refractivity (Wildman–Crippen MR) is 73.6 cm³/mol.